The summed E-state index contributed by atoms with van der Waals surface area (Å²) in [6.45, 7) is 26.4. The van der Waals surface area contributed by atoms with Crippen LogP contribution >= 0.6 is 0 Å². The molecule has 12 rings (SSSR count). The fraction of sp³-hybridized carbons (Fsp3) is 0.597. The van der Waals surface area contributed by atoms with Crippen molar-refractivity contribution in [3.63, 3.8) is 0 Å². The molecular formula is C72H93F3N10O9Si. The van der Waals surface area contributed by atoms with Crippen LogP contribution in [0, 0.1) is 34.8 Å². The van der Waals surface area contributed by atoms with Crippen LogP contribution in [-0.4, -0.2) is 188 Å². The van der Waals surface area contributed by atoms with E-state index < -0.39 is 43.1 Å². The van der Waals surface area contributed by atoms with Crippen LogP contribution in [0.5, 0.6) is 11.8 Å². The highest BCUT2D eigenvalue weighted by atomic mass is 28.3. The number of likely N-dealkylation sites (tertiary alicyclic amines) is 2. The lowest BCUT2D eigenvalue weighted by atomic mass is 9.94. The Balaban J connectivity index is 0.698. The first-order valence-electron chi connectivity index (χ1n) is 34.5. The maximum atomic E-state index is 18.2. The van der Waals surface area contributed by atoms with E-state index in [1.807, 2.05) is 25.7 Å². The molecule has 510 valence electrons. The summed E-state index contributed by atoms with van der Waals surface area (Å²) in [6.07, 6.45) is 9.04. The van der Waals surface area contributed by atoms with Gasteiger partial charge in [0, 0.05) is 107 Å². The third kappa shape index (κ3) is 14.1. The number of hydrogen-bond donors (Lipinski definition) is 1. The minimum atomic E-state index is -2.36. The number of piperidine rings is 4. The second-order valence-electron chi connectivity index (χ2n) is 29.2. The van der Waals surface area contributed by atoms with Crippen molar-refractivity contribution in [2.24, 2.45) is 5.92 Å². The number of anilines is 2. The Hall–Kier alpha value is -7.10. The Labute approximate surface area is 557 Å². The Morgan fingerprint density at radius 1 is 0.768 bits per heavy atom. The van der Waals surface area contributed by atoms with E-state index in [-0.39, 0.29) is 126 Å². The summed E-state index contributed by atoms with van der Waals surface area (Å²) in [5.74, 6) is 1.77. The first-order chi connectivity index (χ1) is 45.5. The average molecular weight is 1330 g/mol. The zero-order valence-electron chi connectivity index (χ0n) is 56.8. The van der Waals surface area contributed by atoms with Crippen LogP contribution in [0.15, 0.2) is 42.6 Å². The zero-order valence-corrected chi connectivity index (χ0v) is 57.8. The van der Waals surface area contributed by atoms with Crippen molar-refractivity contribution in [2.75, 3.05) is 95.8 Å². The van der Waals surface area contributed by atoms with Crippen molar-refractivity contribution >= 4 is 65.1 Å². The van der Waals surface area contributed by atoms with E-state index in [0.29, 0.717) is 77.6 Å². The summed E-state index contributed by atoms with van der Waals surface area (Å²) < 4.78 is 81.3. The van der Waals surface area contributed by atoms with Crippen molar-refractivity contribution in [1.29, 1.82) is 0 Å². The maximum Gasteiger partial charge on any atom is 0.410 e. The summed E-state index contributed by atoms with van der Waals surface area (Å²) in [5.41, 5.74) is 5.37. The topological polar surface area (TPSA) is 185 Å². The van der Waals surface area contributed by atoms with Gasteiger partial charge >= 0.3 is 12.1 Å². The average Bonchev–Trinajstić information content (AvgIpc) is 1.64. The Morgan fingerprint density at radius 2 is 1.44 bits per heavy atom. The number of amides is 4. The molecule has 6 saturated heterocycles. The Morgan fingerprint density at radius 3 is 2.08 bits per heavy atom. The second-order valence-corrected chi connectivity index (χ2v) is 34.7. The van der Waals surface area contributed by atoms with Gasteiger partial charge in [-0.2, -0.15) is 9.97 Å². The number of nitrogens with one attached hydrogen (secondary N) is 1. The highest BCUT2D eigenvalue weighted by molar-refractivity contribution is 6.90. The van der Waals surface area contributed by atoms with E-state index in [1.54, 1.807) is 36.5 Å². The molecule has 95 heavy (non-hydrogen) atoms. The standard InChI is InChI=1S/C72H93F3N10O9Si/c1-43(2)95(44(3)4,45(5)6)34-25-54-58(73)15-11-47-35-52(92-42-90-10)36-55(62(47)54)65-64(75)66-56(37-76-65)67(83-39-48-12-13-49(40-83)85(48)71(89)94-72(7,8)9)79-70(78-66)91-33-32-80-26-21-50(22-27-80)93-51-23-28-81(29-24-51)38-46-19-30-82(31-20-46)59-16-14-53-57(63(59)74)41-84(69(53)88)60-17-18-61(86)77-68(60)87/h11,14-16,35-37,43-46,48-51,60H,12-13,17-24,26-33,38-42H2,1-10H3,(H,77,86,87)/t48-,49+,60?. The molecule has 3 aromatic carbocycles. The summed E-state index contributed by atoms with van der Waals surface area (Å²) in [6, 6.07) is 8.76. The molecule has 0 saturated carbocycles. The molecule has 1 N–H and O–H groups in total. The number of hydrogen-bond acceptors (Lipinski definition) is 16. The van der Waals surface area contributed by atoms with E-state index in [2.05, 4.69) is 77.9 Å². The molecule has 19 nitrogen and oxygen atoms in total. The van der Waals surface area contributed by atoms with Gasteiger partial charge in [0.15, 0.2) is 18.4 Å². The van der Waals surface area contributed by atoms with Crippen LogP contribution in [0.4, 0.5) is 29.5 Å². The normalized spacial score (nSPS) is 21.4. The Bertz CT molecular complexity index is 3740. The number of ether oxygens (including phenoxy) is 5. The number of pyridine rings is 1. The van der Waals surface area contributed by atoms with Crippen molar-refractivity contribution in [1.82, 2.24) is 39.9 Å². The molecule has 0 aliphatic carbocycles. The van der Waals surface area contributed by atoms with E-state index in [1.165, 1.54) is 18.1 Å². The summed E-state index contributed by atoms with van der Waals surface area (Å²) in [4.78, 5) is 78.2. The fourth-order valence-corrected chi connectivity index (χ4v) is 21.5. The van der Waals surface area contributed by atoms with Crippen molar-refractivity contribution < 1.29 is 56.0 Å². The lowest BCUT2D eigenvalue weighted by Crippen LogP contribution is -2.57. The van der Waals surface area contributed by atoms with Gasteiger partial charge in [-0.25, -0.2) is 18.0 Å². The molecule has 6 fully saturated rings. The number of methoxy groups -OCH3 is 1. The first-order valence-corrected chi connectivity index (χ1v) is 36.7. The molecule has 5 aromatic rings. The van der Waals surface area contributed by atoms with Crippen molar-refractivity contribution in [3.8, 4) is 34.5 Å². The molecule has 9 heterocycles. The minimum Gasteiger partial charge on any atom is -0.468 e. The van der Waals surface area contributed by atoms with Gasteiger partial charge in [0.1, 0.15) is 54.9 Å². The molecule has 7 aliphatic rings. The van der Waals surface area contributed by atoms with Crippen molar-refractivity contribution in [2.45, 2.75) is 186 Å². The van der Waals surface area contributed by atoms with Gasteiger partial charge in [-0.05, 0) is 137 Å². The van der Waals surface area contributed by atoms with Gasteiger partial charge in [0.25, 0.3) is 5.91 Å². The predicted molar refractivity (Wildman–Crippen MR) is 361 cm³/mol. The highest BCUT2D eigenvalue weighted by Crippen LogP contribution is 2.44. The maximum absolute atomic E-state index is 18.2. The number of fused-ring (bicyclic) bond motifs is 5. The number of rotatable bonds is 18. The number of benzene rings is 3. The lowest BCUT2D eigenvalue weighted by Gasteiger charge is -2.42. The molecule has 2 bridgehead atoms. The third-order valence-electron chi connectivity index (χ3n) is 21.1. The van der Waals surface area contributed by atoms with E-state index in [9.17, 15) is 19.2 Å². The molecule has 2 aromatic heterocycles. The lowest BCUT2D eigenvalue weighted by molar-refractivity contribution is -0.136. The number of nitrogens with zero attached hydrogens (tertiary/aromatic N) is 9. The number of carbonyl (C=O) groups excluding carboxylic acids is 4. The van der Waals surface area contributed by atoms with Gasteiger partial charge in [-0.3, -0.25) is 34.5 Å². The molecular weight excluding hydrogens is 1230 g/mol. The molecule has 4 amide bonds. The quantitative estimate of drug-likeness (QED) is 0.0378. The number of carbonyl (C=O) groups is 4. The fourth-order valence-electron chi connectivity index (χ4n) is 16.3. The van der Waals surface area contributed by atoms with E-state index >= 15 is 13.2 Å². The van der Waals surface area contributed by atoms with E-state index in [4.69, 9.17) is 38.6 Å². The van der Waals surface area contributed by atoms with Gasteiger partial charge in [-0.1, -0.05) is 53.5 Å². The zero-order chi connectivity index (χ0) is 67.2. The predicted octanol–water partition coefficient (Wildman–Crippen LogP) is 11.4. The summed E-state index contributed by atoms with van der Waals surface area (Å²) in [5, 5.41) is 3.69. The number of halogens is 3. The van der Waals surface area contributed by atoms with Crippen LogP contribution in [0.2, 0.25) is 16.6 Å². The molecule has 1 unspecified atom stereocenters. The molecule has 3 atom stereocenters. The third-order valence-corrected chi connectivity index (χ3v) is 27.4. The molecule has 0 spiro atoms. The van der Waals surface area contributed by atoms with Crippen LogP contribution < -0.4 is 24.6 Å². The van der Waals surface area contributed by atoms with Crippen molar-refractivity contribution in [3.05, 3.63) is 76.7 Å². The molecule has 0 radical (unpaired) electrons. The van der Waals surface area contributed by atoms with E-state index in [0.717, 1.165) is 84.1 Å². The number of piperazine rings is 1. The largest absolute Gasteiger partial charge is 0.468 e. The number of aromatic nitrogens is 3. The van der Waals surface area contributed by atoms with Crippen LogP contribution in [0.3, 0.4) is 0 Å². The monoisotopic (exact) mass is 1330 g/mol. The van der Waals surface area contributed by atoms with Crippen LogP contribution in [0.25, 0.3) is 32.9 Å². The highest BCUT2D eigenvalue weighted by Gasteiger charge is 2.47. The molecule has 7 aliphatic heterocycles. The summed E-state index contributed by atoms with van der Waals surface area (Å²) in [7, 11) is -0.844. The Kier molecular flexibility index (Phi) is 20.1. The van der Waals surface area contributed by atoms with Crippen LogP contribution in [0.1, 0.15) is 148 Å². The minimum absolute atomic E-state index is 0.00490. The first kappa shape index (κ1) is 67.9. The van der Waals surface area contributed by atoms with Gasteiger partial charge < -0.3 is 43.3 Å². The summed E-state index contributed by atoms with van der Waals surface area (Å²) >= 11 is 0. The number of imide groups is 1. The van der Waals surface area contributed by atoms with Gasteiger partial charge in [0.2, 0.25) is 11.8 Å². The smallest absolute Gasteiger partial charge is 0.410 e. The van der Waals surface area contributed by atoms with Gasteiger partial charge in [0.05, 0.1) is 47.5 Å². The van der Waals surface area contributed by atoms with Crippen LogP contribution in [-0.2, 0) is 30.3 Å². The molecule has 23 heteroatoms. The SMILES string of the molecule is COCOc1cc(-c2ncc3c(N4C[C@H]5CC[C@@H](C4)N5C(=O)OC(C)(C)C)nc(OCCN4CCC(OC5CCN(CC6CCN(c7ccc8c(c7F)CN(C7CCC(=O)NC7=O)C8=O)CC6)CC5)CC4)nc3c2F)c2c(C#C[Si](C(C)C)(C(C)C)C(C)C)c(F)ccc2c1. The van der Waals surface area contributed by atoms with Gasteiger partial charge in [-0.15, -0.1) is 5.54 Å². The second kappa shape index (κ2) is 28.2.